The molecule has 1 aromatic rings. The number of para-hydroxylation sites is 1. The van der Waals surface area contributed by atoms with Gasteiger partial charge in [0.1, 0.15) is 0 Å². The Morgan fingerprint density at radius 1 is 1.18 bits per heavy atom. The highest BCUT2D eigenvalue weighted by Gasteiger charge is 1.94. The second-order valence-corrected chi connectivity index (χ2v) is 3.06. The van der Waals surface area contributed by atoms with Gasteiger partial charge in [0, 0.05) is 5.69 Å². The van der Waals surface area contributed by atoms with Crippen LogP contribution in [-0.4, -0.2) is 0 Å². The zero-order chi connectivity index (χ0) is 13.5. The Labute approximate surface area is 107 Å². The van der Waals surface area contributed by atoms with Crippen LogP contribution in [0, 0.1) is 0 Å². The number of hydrogen-bond donors (Lipinski definition) is 1. The molecule has 0 aromatic heterocycles. The van der Waals surface area contributed by atoms with Gasteiger partial charge in [0.25, 0.3) is 0 Å². The first-order valence-corrected chi connectivity index (χ1v) is 6.32. The Kier molecular flexibility index (Phi) is 15.3. The van der Waals surface area contributed by atoms with E-state index in [1.807, 2.05) is 46.0 Å². The largest absolute Gasteiger partial charge is 0.362 e. The normalized spacial score (nSPS) is 8.53. The number of aryl methyl sites for hydroxylation is 1. The molecule has 0 unspecified atom stereocenters. The van der Waals surface area contributed by atoms with Gasteiger partial charge < -0.3 is 5.32 Å². The lowest BCUT2D eigenvalue weighted by molar-refractivity contribution is 1.14. The van der Waals surface area contributed by atoms with Gasteiger partial charge in [-0.3, -0.25) is 0 Å². The van der Waals surface area contributed by atoms with Crippen molar-refractivity contribution in [2.75, 3.05) is 5.32 Å². The zero-order valence-corrected chi connectivity index (χ0v) is 12.0. The zero-order valence-electron chi connectivity index (χ0n) is 12.0. The van der Waals surface area contributed by atoms with E-state index in [9.17, 15) is 0 Å². The average molecular weight is 233 g/mol. The van der Waals surface area contributed by atoms with Crippen molar-refractivity contribution < 1.29 is 0 Å². The van der Waals surface area contributed by atoms with Gasteiger partial charge in [-0.1, -0.05) is 51.1 Å². The van der Waals surface area contributed by atoms with E-state index in [1.165, 1.54) is 11.3 Å². The monoisotopic (exact) mass is 233 g/mol. The number of anilines is 1. The highest BCUT2D eigenvalue weighted by molar-refractivity contribution is 5.52. The third kappa shape index (κ3) is 9.43. The minimum atomic E-state index is 1.07. The maximum atomic E-state index is 3.36. The second-order valence-electron chi connectivity index (χ2n) is 3.06. The Hall–Kier alpha value is -1.50. The van der Waals surface area contributed by atoms with Gasteiger partial charge in [-0.2, -0.15) is 0 Å². The summed E-state index contributed by atoms with van der Waals surface area (Å²) < 4.78 is 0. The molecule has 0 saturated carbocycles. The van der Waals surface area contributed by atoms with Crippen molar-refractivity contribution in [1.29, 1.82) is 0 Å². The summed E-state index contributed by atoms with van der Waals surface area (Å²) in [7, 11) is 0. The lowest BCUT2D eigenvalue weighted by Crippen LogP contribution is -1.92. The molecule has 1 aromatic carbocycles. The van der Waals surface area contributed by atoms with Gasteiger partial charge in [0.2, 0.25) is 0 Å². The van der Waals surface area contributed by atoms with E-state index in [2.05, 4.69) is 37.0 Å². The summed E-state index contributed by atoms with van der Waals surface area (Å²) in [6.07, 6.45) is 6.77. The van der Waals surface area contributed by atoms with Gasteiger partial charge in [0.05, 0.1) is 0 Å². The molecule has 17 heavy (non-hydrogen) atoms. The molecule has 0 bridgehead atoms. The maximum absolute atomic E-state index is 3.36. The summed E-state index contributed by atoms with van der Waals surface area (Å²) in [5.41, 5.74) is 2.56. The van der Waals surface area contributed by atoms with Crippen LogP contribution in [0.4, 0.5) is 5.69 Å². The van der Waals surface area contributed by atoms with E-state index in [4.69, 9.17) is 0 Å². The molecule has 0 heterocycles. The fourth-order valence-corrected chi connectivity index (χ4v) is 1.14. The first-order valence-electron chi connectivity index (χ1n) is 6.32. The summed E-state index contributed by atoms with van der Waals surface area (Å²) in [4.78, 5) is 0. The van der Waals surface area contributed by atoms with Crippen LogP contribution >= 0.6 is 0 Å². The molecule has 0 atom stereocenters. The predicted molar refractivity (Wildman–Crippen MR) is 81.5 cm³/mol. The van der Waals surface area contributed by atoms with Crippen LogP contribution in [0.2, 0.25) is 0 Å². The molecular formula is C16H27N. The molecule has 0 radical (unpaired) electrons. The Bertz CT molecular complexity index is 300. The Morgan fingerprint density at radius 2 is 1.71 bits per heavy atom. The van der Waals surface area contributed by atoms with Gasteiger partial charge in [0.15, 0.2) is 0 Å². The van der Waals surface area contributed by atoms with Crippen molar-refractivity contribution in [3.05, 3.63) is 54.8 Å². The standard InChI is InChI=1S/C11H15N.C3H6.C2H6/c1-3-9-12-11-8-6-5-7-10(11)4-2;1-3-2;1-2/h3,5-9,12H,4H2,1-2H3;3H,1H2,2H3;1-2H3/b9-3+;;. The topological polar surface area (TPSA) is 12.0 Å². The van der Waals surface area contributed by atoms with Crippen molar-refractivity contribution in [3.63, 3.8) is 0 Å². The summed E-state index contributed by atoms with van der Waals surface area (Å²) >= 11 is 0. The van der Waals surface area contributed by atoms with Crippen LogP contribution in [-0.2, 0) is 6.42 Å². The van der Waals surface area contributed by atoms with Gasteiger partial charge in [-0.05, 0) is 38.1 Å². The summed E-state index contributed by atoms with van der Waals surface area (Å²) in [6.45, 7) is 13.4. The van der Waals surface area contributed by atoms with Crippen molar-refractivity contribution in [1.82, 2.24) is 0 Å². The van der Waals surface area contributed by atoms with Crippen molar-refractivity contribution in [3.8, 4) is 0 Å². The molecule has 0 amide bonds. The van der Waals surface area contributed by atoms with E-state index in [-0.39, 0.29) is 0 Å². The number of rotatable bonds is 3. The summed E-state index contributed by atoms with van der Waals surface area (Å²) in [5.74, 6) is 0. The quantitative estimate of drug-likeness (QED) is 0.688. The molecule has 0 aliphatic carbocycles. The molecule has 96 valence electrons. The van der Waals surface area contributed by atoms with Gasteiger partial charge in [-0.15, -0.1) is 6.58 Å². The highest BCUT2D eigenvalue weighted by atomic mass is 14.8. The molecule has 0 aliphatic rings. The minimum Gasteiger partial charge on any atom is -0.362 e. The van der Waals surface area contributed by atoms with Crippen LogP contribution < -0.4 is 5.32 Å². The molecule has 1 nitrogen and oxygen atoms in total. The number of benzene rings is 1. The van der Waals surface area contributed by atoms with E-state index in [0.717, 1.165) is 6.42 Å². The predicted octanol–water partition coefficient (Wildman–Crippen LogP) is 5.41. The third-order valence-electron chi connectivity index (χ3n) is 1.80. The van der Waals surface area contributed by atoms with E-state index >= 15 is 0 Å². The van der Waals surface area contributed by atoms with Crippen LogP contribution in [0.25, 0.3) is 0 Å². The third-order valence-corrected chi connectivity index (χ3v) is 1.80. The van der Waals surface area contributed by atoms with Gasteiger partial charge >= 0.3 is 0 Å². The fourth-order valence-electron chi connectivity index (χ4n) is 1.14. The van der Waals surface area contributed by atoms with Crippen LogP contribution in [0.5, 0.6) is 0 Å². The molecule has 0 fully saturated rings. The van der Waals surface area contributed by atoms with E-state index in [0.29, 0.717) is 0 Å². The number of nitrogens with one attached hydrogen (secondary N) is 1. The first-order chi connectivity index (χ1) is 8.29. The van der Waals surface area contributed by atoms with Crippen molar-refractivity contribution in [2.45, 2.75) is 41.0 Å². The van der Waals surface area contributed by atoms with Gasteiger partial charge in [-0.25, -0.2) is 0 Å². The molecule has 0 spiro atoms. The molecule has 1 N–H and O–H groups in total. The molecule has 0 saturated heterocycles. The first kappa shape index (κ1) is 17.9. The molecular weight excluding hydrogens is 206 g/mol. The SMILES string of the molecule is C/C=C/Nc1ccccc1CC.C=CC.CC. The highest BCUT2D eigenvalue weighted by Crippen LogP contribution is 2.14. The van der Waals surface area contributed by atoms with E-state index < -0.39 is 0 Å². The maximum Gasteiger partial charge on any atom is 0.0412 e. The second kappa shape index (κ2) is 14.5. The summed E-state index contributed by atoms with van der Waals surface area (Å²) in [5, 5.41) is 3.23. The average Bonchev–Trinajstić information content (AvgIpc) is 2.40. The summed E-state index contributed by atoms with van der Waals surface area (Å²) in [6, 6.07) is 8.36. The lowest BCUT2D eigenvalue weighted by Gasteiger charge is -2.05. The van der Waals surface area contributed by atoms with Crippen LogP contribution in [0.15, 0.2) is 49.2 Å². The van der Waals surface area contributed by atoms with Crippen molar-refractivity contribution in [2.24, 2.45) is 0 Å². The Morgan fingerprint density at radius 3 is 2.18 bits per heavy atom. The van der Waals surface area contributed by atoms with Crippen LogP contribution in [0.1, 0.15) is 40.2 Å². The minimum absolute atomic E-state index is 1.07. The smallest absolute Gasteiger partial charge is 0.0412 e. The lowest BCUT2D eigenvalue weighted by atomic mass is 10.1. The molecule has 1 heteroatoms. The number of hydrogen-bond acceptors (Lipinski definition) is 1. The fraction of sp³-hybridized carbons (Fsp3) is 0.375. The van der Waals surface area contributed by atoms with Crippen molar-refractivity contribution >= 4 is 5.69 Å². The number of allylic oxidation sites excluding steroid dienone is 2. The Balaban J connectivity index is 0. The van der Waals surface area contributed by atoms with Crippen LogP contribution in [0.3, 0.4) is 0 Å². The van der Waals surface area contributed by atoms with E-state index in [1.54, 1.807) is 6.08 Å². The molecule has 1 rings (SSSR count). The molecule has 0 aliphatic heterocycles.